The number of nitrogens with one attached hydrogen (secondary N) is 2. The molecular weight excluding hydrogens is 311 g/mol. The van der Waals surface area contributed by atoms with Crippen molar-refractivity contribution in [1.82, 2.24) is 15.1 Å². The lowest BCUT2D eigenvalue weighted by molar-refractivity contribution is -0.116. The summed E-state index contributed by atoms with van der Waals surface area (Å²) >= 11 is 0. The van der Waals surface area contributed by atoms with Crippen molar-refractivity contribution in [3.8, 4) is 11.3 Å². The Labute approximate surface area is 140 Å². The molecule has 0 aliphatic carbocycles. The predicted octanol–water partition coefficient (Wildman–Crippen LogP) is 2.27. The quantitative estimate of drug-likeness (QED) is 0.851. The van der Waals surface area contributed by atoms with E-state index in [9.17, 15) is 9.18 Å². The van der Waals surface area contributed by atoms with Crippen LogP contribution in [0.3, 0.4) is 0 Å². The zero-order chi connectivity index (χ0) is 16.8. The predicted molar refractivity (Wildman–Crippen MR) is 89.1 cm³/mol. The van der Waals surface area contributed by atoms with Gasteiger partial charge in [0.1, 0.15) is 11.6 Å². The zero-order valence-electron chi connectivity index (χ0n) is 13.4. The van der Waals surface area contributed by atoms with E-state index in [1.54, 1.807) is 18.2 Å². The second-order valence-corrected chi connectivity index (χ2v) is 5.78. The Balaban J connectivity index is 1.46. The Hall–Kier alpha value is -2.25. The SMILES string of the molecule is O=C(CCCN1CCOCC1)Nc1cc(-c2cccc(F)c2)n[nH]1. The maximum atomic E-state index is 13.2. The number of nitrogens with zero attached hydrogens (tertiary/aromatic N) is 2. The Morgan fingerprint density at radius 3 is 2.96 bits per heavy atom. The number of rotatable bonds is 6. The highest BCUT2D eigenvalue weighted by Gasteiger charge is 2.11. The third-order valence-corrected chi connectivity index (χ3v) is 3.95. The fourth-order valence-corrected chi connectivity index (χ4v) is 2.68. The molecule has 128 valence electrons. The highest BCUT2D eigenvalue weighted by atomic mass is 19.1. The van der Waals surface area contributed by atoms with Crippen LogP contribution in [0.15, 0.2) is 30.3 Å². The van der Waals surface area contributed by atoms with Crippen LogP contribution in [-0.4, -0.2) is 53.9 Å². The first-order chi connectivity index (χ1) is 11.7. The standard InChI is InChI=1S/C17H21FN4O2/c18-14-4-1-3-13(11-14)15-12-16(21-20-15)19-17(23)5-2-6-22-7-9-24-10-8-22/h1,3-4,11-12H,2,5-10H2,(H2,19,20,21,23). The number of anilines is 1. The summed E-state index contributed by atoms with van der Waals surface area (Å²) in [6, 6.07) is 7.89. The average molecular weight is 332 g/mol. The molecule has 2 heterocycles. The summed E-state index contributed by atoms with van der Waals surface area (Å²) < 4.78 is 18.5. The summed E-state index contributed by atoms with van der Waals surface area (Å²) in [4.78, 5) is 14.3. The van der Waals surface area contributed by atoms with Crippen molar-refractivity contribution < 1.29 is 13.9 Å². The Bertz CT molecular complexity index is 683. The fourth-order valence-electron chi connectivity index (χ4n) is 2.68. The monoisotopic (exact) mass is 332 g/mol. The van der Waals surface area contributed by atoms with Crippen LogP contribution in [-0.2, 0) is 9.53 Å². The van der Waals surface area contributed by atoms with Gasteiger partial charge in [-0.15, -0.1) is 0 Å². The van der Waals surface area contributed by atoms with Crippen LogP contribution < -0.4 is 5.32 Å². The van der Waals surface area contributed by atoms with Gasteiger partial charge in [-0.25, -0.2) is 4.39 Å². The molecule has 1 saturated heterocycles. The molecule has 1 fully saturated rings. The van der Waals surface area contributed by atoms with Crippen molar-refractivity contribution in [2.45, 2.75) is 12.8 Å². The lowest BCUT2D eigenvalue weighted by atomic mass is 10.1. The van der Waals surface area contributed by atoms with Crippen LogP contribution >= 0.6 is 0 Å². The molecule has 0 atom stereocenters. The minimum atomic E-state index is -0.316. The van der Waals surface area contributed by atoms with Crippen molar-refractivity contribution in [2.24, 2.45) is 0 Å². The normalized spacial score (nSPS) is 15.4. The highest BCUT2D eigenvalue weighted by molar-refractivity contribution is 5.90. The summed E-state index contributed by atoms with van der Waals surface area (Å²) in [6.07, 6.45) is 1.25. The van der Waals surface area contributed by atoms with Gasteiger partial charge in [-0.3, -0.25) is 14.8 Å². The lowest BCUT2D eigenvalue weighted by Gasteiger charge is -2.26. The van der Waals surface area contributed by atoms with Crippen molar-refractivity contribution in [1.29, 1.82) is 0 Å². The lowest BCUT2D eigenvalue weighted by Crippen LogP contribution is -2.37. The van der Waals surface area contributed by atoms with Gasteiger partial charge in [0, 0.05) is 31.1 Å². The van der Waals surface area contributed by atoms with Crippen LogP contribution in [0.5, 0.6) is 0 Å². The number of aromatic amines is 1. The third-order valence-electron chi connectivity index (χ3n) is 3.95. The third kappa shape index (κ3) is 4.62. The molecule has 1 aromatic heterocycles. The van der Waals surface area contributed by atoms with E-state index < -0.39 is 0 Å². The molecule has 7 heteroatoms. The topological polar surface area (TPSA) is 70.2 Å². The first-order valence-electron chi connectivity index (χ1n) is 8.12. The molecule has 2 aromatic rings. The average Bonchev–Trinajstić information content (AvgIpc) is 3.04. The van der Waals surface area contributed by atoms with E-state index in [1.807, 2.05) is 0 Å². The van der Waals surface area contributed by atoms with E-state index in [-0.39, 0.29) is 11.7 Å². The van der Waals surface area contributed by atoms with Crippen molar-refractivity contribution >= 4 is 11.7 Å². The van der Waals surface area contributed by atoms with Crippen molar-refractivity contribution in [3.05, 3.63) is 36.1 Å². The van der Waals surface area contributed by atoms with Gasteiger partial charge in [0.05, 0.1) is 18.9 Å². The van der Waals surface area contributed by atoms with Crippen LogP contribution in [0.4, 0.5) is 10.2 Å². The molecule has 0 saturated carbocycles. The molecular formula is C17H21FN4O2. The Morgan fingerprint density at radius 1 is 1.33 bits per heavy atom. The molecule has 1 aliphatic rings. The smallest absolute Gasteiger partial charge is 0.225 e. The van der Waals surface area contributed by atoms with E-state index in [1.165, 1.54) is 12.1 Å². The number of H-pyrrole nitrogens is 1. The largest absolute Gasteiger partial charge is 0.379 e. The minimum Gasteiger partial charge on any atom is -0.379 e. The summed E-state index contributed by atoms with van der Waals surface area (Å²) in [7, 11) is 0. The maximum absolute atomic E-state index is 13.2. The van der Waals surface area contributed by atoms with Gasteiger partial charge in [0.15, 0.2) is 0 Å². The van der Waals surface area contributed by atoms with E-state index in [0.29, 0.717) is 23.5 Å². The van der Waals surface area contributed by atoms with Crippen molar-refractivity contribution in [3.63, 3.8) is 0 Å². The van der Waals surface area contributed by atoms with E-state index in [4.69, 9.17) is 4.74 Å². The molecule has 6 nitrogen and oxygen atoms in total. The van der Waals surface area contributed by atoms with Gasteiger partial charge in [-0.05, 0) is 25.1 Å². The number of carbonyl (C=O) groups excluding carboxylic acids is 1. The minimum absolute atomic E-state index is 0.0577. The molecule has 2 N–H and O–H groups in total. The van der Waals surface area contributed by atoms with Crippen molar-refractivity contribution in [2.75, 3.05) is 38.2 Å². The van der Waals surface area contributed by atoms with E-state index in [2.05, 4.69) is 20.4 Å². The molecule has 0 bridgehead atoms. The van der Waals surface area contributed by atoms with Gasteiger partial charge in [0.2, 0.25) is 5.91 Å². The second kappa shape index (κ2) is 8.03. The summed E-state index contributed by atoms with van der Waals surface area (Å²) in [5, 5.41) is 9.66. The molecule has 0 spiro atoms. The number of carbonyl (C=O) groups is 1. The first kappa shape index (κ1) is 16.6. The number of benzene rings is 1. The number of amides is 1. The molecule has 0 unspecified atom stereocenters. The maximum Gasteiger partial charge on any atom is 0.225 e. The number of hydrogen-bond acceptors (Lipinski definition) is 4. The second-order valence-electron chi connectivity index (χ2n) is 5.78. The molecule has 3 rings (SSSR count). The fraction of sp³-hybridized carbons (Fsp3) is 0.412. The molecule has 1 aromatic carbocycles. The Morgan fingerprint density at radius 2 is 2.17 bits per heavy atom. The van der Waals surface area contributed by atoms with E-state index in [0.717, 1.165) is 39.3 Å². The number of morpholine rings is 1. The van der Waals surface area contributed by atoms with E-state index >= 15 is 0 Å². The van der Waals surface area contributed by atoms with Crippen LogP contribution in [0.2, 0.25) is 0 Å². The summed E-state index contributed by atoms with van der Waals surface area (Å²) in [6.45, 7) is 4.29. The number of aromatic nitrogens is 2. The number of ether oxygens (including phenoxy) is 1. The first-order valence-corrected chi connectivity index (χ1v) is 8.12. The van der Waals surface area contributed by atoms with Crippen LogP contribution in [0.1, 0.15) is 12.8 Å². The van der Waals surface area contributed by atoms with Gasteiger partial charge >= 0.3 is 0 Å². The molecule has 1 amide bonds. The zero-order valence-corrected chi connectivity index (χ0v) is 13.4. The summed E-state index contributed by atoms with van der Waals surface area (Å²) in [5.74, 6) is 0.146. The highest BCUT2D eigenvalue weighted by Crippen LogP contribution is 2.20. The molecule has 24 heavy (non-hydrogen) atoms. The molecule has 0 radical (unpaired) electrons. The Kier molecular flexibility index (Phi) is 5.55. The number of halogens is 1. The number of hydrogen-bond donors (Lipinski definition) is 2. The van der Waals surface area contributed by atoms with Gasteiger partial charge in [-0.1, -0.05) is 12.1 Å². The van der Waals surface area contributed by atoms with Gasteiger partial charge in [-0.2, -0.15) is 5.10 Å². The van der Waals surface area contributed by atoms with Crippen LogP contribution in [0.25, 0.3) is 11.3 Å². The van der Waals surface area contributed by atoms with Gasteiger partial charge < -0.3 is 10.1 Å². The summed E-state index contributed by atoms with van der Waals surface area (Å²) in [5.41, 5.74) is 1.26. The van der Waals surface area contributed by atoms with Crippen LogP contribution in [0, 0.1) is 5.82 Å². The molecule has 1 aliphatic heterocycles. The van der Waals surface area contributed by atoms with Gasteiger partial charge in [0.25, 0.3) is 0 Å².